The molecular formula is C17H29N3O. The lowest BCUT2D eigenvalue weighted by Gasteiger charge is -2.38. The Labute approximate surface area is 128 Å². The third-order valence-corrected chi connectivity index (χ3v) is 4.65. The van der Waals surface area contributed by atoms with E-state index in [1.807, 2.05) is 24.3 Å². The molecule has 2 atom stereocenters. The molecule has 21 heavy (non-hydrogen) atoms. The summed E-state index contributed by atoms with van der Waals surface area (Å²) in [6.07, 6.45) is 0.794. The highest BCUT2D eigenvalue weighted by atomic mass is 16.3. The van der Waals surface area contributed by atoms with Gasteiger partial charge in [-0.25, -0.2) is 0 Å². The van der Waals surface area contributed by atoms with Gasteiger partial charge >= 0.3 is 0 Å². The number of aliphatic hydroxyl groups excluding tert-OH is 1. The van der Waals surface area contributed by atoms with Crippen molar-refractivity contribution in [1.29, 1.82) is 0 Å². The van der Waals surface area contributed by atoms with Crippen molar-refractivity contribution in [2.75, 3.05) is 32.7 Å². The number of rotatable bonds is 6. The Kier molecular flexibility index (Phi) is 6.18. The zero-order valence-electron chi connectivity index (χ0n) is 13.3. The quantitative estimate of drug-likeness (QED) is 0.836. The Hall–Kier alpha value is -0.940. The lowest BCUT2D eigenvalue weighted by atomic mass is 10.1. The molecule has 1 heterocycles. The minimum atomic E-state index is -0.410. The van der Waals surface area contributed by atoms with E-state index in [2.05, 4.69) is 23.6 Å². The van der Waals surface area contributed by atoms with Crippen LogP contribution in [0.4, 0.5) is 0 Å². The maximum absolute atomic E-state index is 10.4. The molecule has 1 aliphatic heterocycles. The van der Waals surface area contributed by atoms with E-state index in [1.54, 1.807) is 0 Å². The molecule has 1 aromatic carbocycles. The van der Waals surface area contributed by atoms with Crippen molar-refractivity contribution >= 4 is 0 Å². The molecule has 118 valence electrons. The van der Waals surface area contributed by atoms with Crippen molar-refractivity contribution in [2.45, 2.75) is 39.0 Å². The van der Waals surface area contributed by atoms with Crippen LogP contribution >= 0.6 is 0 Å². The van der Waals surface area contributed by atoms with Gasteiger partial charge in [-0.1, -0.05) is 31.2 Å². The highest BCUT2D eigenvalue weighted by Crippen LogP contribution is 2.17. The third kappa shape index (κ3) is 4.51. The van der Waals surface area contributed by atoms with Crippen LogP contribution in [0.25, 0.3) is 0 Å². The molecule has 1 fully saturated rings. The second kappa shape index (κ2) is 7.90. The first-order chi connectivity index (χ1) is 10.1. The molecule has 1 saturated heterocycles. The van der Waals surface area contributed by atoms with Gasteiger partial charge in [-0.15, -0.1) is 0 Å². The minimum Gasteiger partial charge on any atom is -0.387 e. The number of nitrogens with zero attached hydrogens (tertiary/aromatic N) is 2. The van der Waals surface area contributed by atoms with Gasteiger partial charge in [0.25, 0.3) is 0 Å². The van der Waals surface area contributed by atoms with E-state index < -0.39 is 6.10 Å². The molecule has 0 spiro atoms. The molecule has 1 aliphatic rings. The first-order valence-electron chi connectivity index (χ1n) is 8.07. The molecule has 0 aromatic heterocycles. The van der Waals surface area contributed by atoms with Crippen molar-refractivity contribution in [3.05, 3.63) is 35.4 Å². The van der Waals surface area contributed by atoms with Gasteiger partial charge in [0.05, 0.1) is 6.10 Å². The number of benzene rings is 1. The predicted molar refractivity (Wildman–Crippen MR) is 87.1 cm³/mol. The van der Waals surface area contributed by atoms with E-state index in [1.165, 1.54) is 6.42 Å². The van der Waals surface area contributed by atoms with Gasteiger partial charge in [-0.2, -0.15) is 0 Å². The topological polar surface area (TPSA) is 52.7 Å². The molecule has 4 nitrogen and oxygen atoms in total. The molecule has 0 bridgehead atoms. The number of aliphatic hydroxyl groups is 1. The summed E-state index contributed by atoms with van der Waals surface area (Å²) in [6, 6.07) is 8.64. The summed E-state index contributed by atoms with van der Waals surface area (Å²) in [7, 11) is 0. The fraction of sp³-hybridized carbons (Fsp3) is 0.647. The first kappa shape index (κ1) is 16.4. The minimum absolute atomic E-state index is 0.410. The van der Waals surface area contributed by atoms with Crippen LogP contribution < -0.4 is 5.73 Å². The third-order valence-electron chi connectivity index (χ3n) is 4.65. The summed E-state index contributed by atoms with van der Waals surface area (Å²) < 4.78 is 0. The van der Waals surface area contributed by atoms with Gasteiger partial charge in [0.2, 0.25) is 0 Å². The number of nitrogens with two attached hydrogens (primary N) is 1. The zero-order chi connectivity index (χ0) is 15.2. The molecule has 0 amide bonds. The summed E-state index contributed by atoms with van der Waals surface area (Å²) in [4.78, 5) is 4.90. The standard InChI is InChI=1S/C17H29N3O/c1-3-14(2)20-10-8-19(9-11-20)13-17(21)16-6-4-15(12-18)5-7-16/h4-7,14,17,21H,3,8-13,18H2,1-2H3. The van der Waals surface area contributed by atoms with E-state index in [9.17, 15) is 5.11 Å². The lowest BCUT2D eigenvalue weighted by Crippen LogP contribution is -2.50. The van der Waals surface area contributed by atoms with Gasteiger partial charge in [0.15, 0.2) is 0 Å². The second-order valence-electron chi connectivity index (χ2n) is 6.06. The average molecular weight is 291 g/mol. The van der Waals surface area contributed by atoms with Gasteiger partial charge in [-0.3, -0.25) is 9.80 Å². The maximum Gasteiger partial charge on any atom is 0.0916 e. The van der Waals surface area contributed by atoms with Crippen molar-refractivity contribution in [3.63, 3.8) is 0 Å². The molecule has 4 heteroatoms. The molecule has 2 rings (SSSR count). The highest BCUT2D eigenvalue weighted by molar-refractivity contribution is 5.24. The molecule has 0 saturated carbocycles. The number of β-amino-alcohol motifs (C(OH)–C–C–N with tert-alkyl or cyclic N) is 1. The van der Waals surface area contributed by atoms with Gasteiger partial charge in [-0.05, 0) is 24.5 Å². The lowest BCUT2D eigenvalue weighted by molar-refractivity contribution is 0.0584. The van der Waals surface area contributed by atoms with Crippen molar-refractivity contribution in [1.82, 2.24) is 9.80 Å². The Bertz CT molecular complexity index is 413. The first-order valence-corrected chi connectivity index (χ1v) is 8.07. The average Bonchev–Trinajstić information content (AvgIpc) is 2.55. The molecular weight excluding hydrogens is 262 g/mol. The largest absolute Gasteiger partial charge is 0.387 e. The Morgan fingerprint density at radius 1 is 1.14 bits per heavy atom. The van der Waals surface area contributed by atoms with Crippen LogP contribution in [0, 0.1) is 0 Å². The van der Waals surface area contributed by atoms with E-state index in [0.29, 0.717) is 12.6 Å². The summed E-state index contributed by atoms with van der Waals surface area (Å²) >= 11 is 0. The highest BCUT2D eigenvalue weighted by Gasteiger charge is 2.22. The van der Waals surface area contributed by atoms with Crippen LogP contribution in [0.2, 0.25) is 0 Å². The molecule has 0 aliphatic carbocycles. The van der Waals surface area contributed by atoms with E-state index in [4.69, 9.17) is 5.73 Å². The van der Waals surface area contributed by atoms with Crippen LogP contribution in [0.5, 0.6) is 0 Å². The fourth-order valence-corrected chi connectivity index (χ4v) is 2.87. The molecule has 3 N–H and O–H groups in total. The van der Waals surface area contributed by atoms with Crippen LogP contribution in [0.15, 0.2) is 24.3 Å². The number of hydrogen-bond donors (Lipinski definition) is 2. The fourth-order valence-electron chi connectivity index (χ4n) is 2.87. The van der Waals surface area contributed by atoms with Crippen LogP contribution in [-0.2, 0) is 6.54 Å². The summed E-state index contributed by atoms with van der Waals surface area (Å²) in [5.41, 5.74) is 7.69. The normalized spacial score (nSPS) is 20.4. The molecule has 0 radical (unpaired) electrons. The maximum atomic E-state index is 10.4. The van der Waals surface area contributed by atoms with E-state index in [-0.39, 0.29) is 0 Å². The summed E-state index contributed by atoms with van der Waals surface area (Å²) in [5, 5.41) is 10.4. The SMILES string of the molecule is CCC(C)N1CCN(CC(O)c2ccc(CN)cc2)CC1. The van der Waals surface area contributed by atoms with Crippen molar-refractivity contribution < 1.29 is 5.11 Å². The van der Waals surface area contributed by atoms with E-state index >= 15 is 0 Å². The predicted octanol–water partition coefficient (Wildman–Crippen LogP) is 1.59. The molecule has 2 unspecified atom stereocenters. The van der Waals surface area contributed by atoms with Crippen molar-refractivity contribution in [3.8, 4) is 0 Å². The van der Waals surface area contributed by atoms with Gasteiger partial charge < -0.3 is 10.8 Å². The van der Waals surface area contributed by atoms with Crippen LogP contribution in [0.1, 0.15) is 37.5 Å². The monoisotopic (exact) mass is 291 g/mol. The van der Waals surface area contributed by atoms with Crippen LogP contribution in [0.3, 0.4) is 0 Å². The van der Waals surface area contributed by atoms with Crippen molar-refractivity contribution in [2.24, 2.45) is 5.73 Å². The van der Waals surface area contributed by atoms with Gasteiger partial charge in [0, 0.05) is 45.3 Å². The van der Waals surface area contributed by atoms with Gasteiger partial charge in [0.1, 0.15) is 0 Å². The Morgan fingerprint density at radius 2 is 1.76 bits per heavy atom. The zero-order valence-corrected chi connectivity index (χ0v) is 13.3. The Balaban J connectivity index is 1.82. The smallest absolute Gasteiger partial charge is 0.0916 e. The summed E-state index contributed by atoms with van der Waals surface area (Å²) in [6.45, 7) is 10.1. The summed E-state index contributed by atoms with van der Waals surface area (Å²) in [5.74, 6) is 0. The number of hydrogen-bond acceptors (Lipinski definition) is 4. The van der Waals surface area contributed by atoms with Crippen LogP contribution in [-0.4, -0.2) is 53.7 Å². The number of piperazine rings is 1. The second-order valence-corrected chi connectivity index (χ2v) is 6.06. The van der Waals surface area contributed by atoms with E-state index in [0.717, 1.165) is 43.9 Å². The molecule has 1 aromatic rings. The Morgan fingerprint density at radius 3 is 2.29 bits per heavy atom.